The number of nitrogens with zero attached hydrogens (tertiary/aromatic N) is 2. The molecule has 2 N–H and O–H groups in total. The topological polar surface area (TPSA) is 60.6 Å². The van der Waals surface area contributed by atoms with Crippen molar-refractivity contribution in [3.8, 4) is 22.6 Å². The van der Waals surface area contributed by atoms with Crippen molar-refractivity contribution in [1.29, 1.82) is 0 Å². The zero-order valence-electron chi connectivity index (χ0n) is 22.0. The van der Waals surface area contributed by atoms with Crippen LogP contribution in [0.15, 0.2) is 36.4 Å². The van der Waals surface area contributed by atoms with Crippen LogP contribution in [-0.2, 0) is 6.42 Å². The summed E-state index contributed by atoms with van der Waals surface area (Å²) in [6, 6.07) is 10.3. The minimum atomic E-state index is -4.20. The highest BCUT2D eigenvalue weighted by atomic mass is 35.5. The lowest BCUT2D eigenvalue weighted by atomic mass is 9.82. The number of piperidine rings is 1. The van der Waals surface area contributed by atoms with E-state index in [2.05, 4.69) is 4.98 Å². The van der Waals surface area contributed by atoms with Crippen LogP contribution in [0, 0.1) is 12.7 Å². The molecule has 2 aliphatic heterocycles. The van der Waals surface area contributed by atoms with Gasteiger partial charge in [-0.25, -0.2) is 9.37 Å². The van der Waals surface area contributed by atoms with Crippen molar-refractivity contribution in [2.75, 3.05) is 25.4 Å². The number of benzene rings is 2. The molecule has 1 spiro atoms. The third-order valence-electron chi connectivity index (χ3n) is 7.71. The van der Waals surface area contributed by atoms with E-state index in [4.69, 9.17) is 38.4 Å². The third-order valence-corrected chi connectivity index (χ3v) is 8.43. The molecule has 2 aliphatic rings. The van der Waals surface area contributed by atoms with Crippen LogP contribution in [0.1, 0.15) is 49.1 Å². The Hall–Kier alpha value is -2.75. The molecule has 1 atom stereocenters. The largest absolute Gasteiger partial charge is 0.487 e. The average Bonchev–Trinajstić information content (AvgIpc) is 2.88. The molecule has 2 aromatic carbocycles. The van der Waals surface area contributed by atoms with E-state index in [0.717, 1.165) is 35.3 Å². The lowest BCUT2D eigenvalue weighted by Crippen LogP contribution is -2.51. The standard InChI is InChI=1S/C29H29Cl2F4N3O2/c1-16-20(14-24(27(36)37-16)39-17(2)25-21(30)4-5-22(32)26(25)31)18-3-6-23-19(13-18)7-8-28(40-23)9-11-38(12-10-28)15-29(33,34)35/h3-6,13-14,17H,7-12,15H2,1-2H3,(H2,36,37)/t17-/m1/s1. The van der Waals surface area contributed by atoms with Crippen LogP contribution in [0.3, 0.4) is 0 Å². The van der Waals surface area contributed by atoms with Crippen molar-refractivity contribution in [2.24, 2.45) is 0 Å². The van der Waals surface area contributed by atoms with Crippen LogP contribution in [0.5, 0.6) is 11.5 Å². The summed E-state index contributed by atoms with van der Waals surface area (Å²) < 4.78 is 64.9. The lowest BCUT2D eigenvalue weighted by molar-refractivity contribution is -0.153. The van der Waals surface area contributed by atoms with Gasteiger partial charge in [0.2, 0.25) is 0 Å². The Labute approximate surface area is 240 Å². The molecule has 1 saturated heterocycles. The minimum Gasteiger partial charge on any atom is -0.487 e. The van der Waals surface area contributed by atoms with E-state index in [1.165, 1.54) is 17.0 Å². The lowest BCUT2D eigenvalue weighted by Gasteiger charge is -2.44. The second kappa shape index (κ2) is 10.9. The number of nitrogens with two attached hydrogens (primary N) is 1. The Morgan fingerprint density at radius 3 is 2.55 bits per heavy atom. The molecule has 3 aromatic rings. The number of rotatable bonds is 5. The zero-order valence-corrected chi connectivity index (χ0v) is 23.6. The SMILES string of the molecule is Cc1nc(N)c(O[C@H](C)c2c(Cl)ccc(F)c2Cl)cc1-c1ccc2c(c1)CCC1(CCN(CC(F)(F)F)CC1)O2. The number of aromatic nitrogens is 1. The number of hydrogen-bond acceptors (Lipinski definition) is 5. The quantitative estimate of drug-likeness (QED) is 0.239. The number of fused-ring (bicyclic) bond motifs is 1. The number of ether oxygens (including phenoxy) is 2. The Morgan fingerprint density at radius 2 is 1.85 bits per heavy atom. The number of alkyl halides is 3. The fourth-order valence-corrected chi connectivity index (χ4v) is 6.25. The summed E-state index contributed by atoms with van der Waals surface area (Å²) in [6.07, 6.45) is -2.29. The summed E-state index contributed by atoms with van der Waals surface area (Å²) in [6.45, 7) is 3.38. The molecule has 0 bridgehead atoms. The number of hydrogen-bond donors (Lipinski definition) is 1. The predicted octanol–water partition coefficient (Wildman–Crippen LogP) is 7.95. The average molecular weight is 598 g/mol. The summed E-state index contributed by atoms with van der Waals surface area (Å²) >= 11 is 12.4. The van der Waals surface area contributed by atoms with Crippen molar-refractivity contribution in [2.45, 2.75) is 57.4 Å². The second-order valence-corrected chi connectivity index (χ2v) is 11.3. The molecule has 214 valence electrons. The van der Waals surface area contributed by atoms with Crippen molar-refractivity contribution in [3.63, 3.8) is 0 Å². The number of halogens is 6. The van der Waals surface area contributed by atoms with E-state index in [9.17, 15) is 17.6 Å². The van der Waals surface area contributed by atoms with Gasteiger partial charge in [-0.2, -0.15) is 13.2 Å². The van der Waals surface area contributed by atoms with Crippen molar-refractivity contribution >= 4 is 29.0 Å². The summed E-state index contributed by atoms with van der Waals surface area (Å²) in [5.41, 5.74) is 9.46. The molecule has 0 aliphatic carbocycles. The first-order valence-corrected chi connectivity index (χ1v) is 13.8. The van der Waals surface area contributed by atoms with Crippen LogP contribution in [0.2, 0.25) is 10.0 Å². The van der Waals surface area contributed by atoms with Crippen LogP contribution in [-0.4, -0.2) is 41.3 Å². The Balaban J connectivity index is 1.35. The maximum Gasteiger partial charge on any atom is 0.401 e. The van der Waals surface area contributed by atoms with Gasteiger partial charge >= 0.3 is 6.18 Å². The fourth-order valence-electron chi connectivity index (χ4n) is 5.57. The molecular weight excluding hydrogens is 569 g/mol. The van der Waals surface area contributed by atoms with Gasteiger partial charge in [0.15, 0.2) is 11.6 Å². The highest BCUT2D eigenvalue weighted by molar-refractivity contribution is 6.36. The smallest absolute Gasteiger partial charge is 0.401 e. The molecule has 1 fully saturated rings. The van der Waals surface area contributed by atoms with E-state index >= 15 is 0 Å². The van der Waals surface area contributed by atoms with E-state index < -0.39 is 30.2 Å². The van der Waals surface area contributed by atoms with Gasteiger partial charge < -0.3 is 15.2 Å². The molecule has 0 amide bonds. The maximum absolute atomic E-state index is 14.1. The van der Waals surface area contributed by atoms with Crippen molar-refractivity contribution < 1.29 is 27.0 Å². The first-order chi connectivity index (χ1) is 18.8. The monoisotopic (exact) mass is 597 g/mol. The van der Waals surface area contributed by atoms with Crippen LogP contribution in [0.25, 0.3) is 11.1 Å². The fraction of sp³-hybridized carbons (Fsp3) is 0.414. The van der Waals surface area contributed by atoms with Gasteiger partial charge in [-0.3, -0.25) is 4.90 Å². The highest BCUT2D eigenvalue weighted by Crippen LogP contribution is 2.43. The summed E-state index contributed by atoms with van der Waals surface area (Å²) in [7, 11) is 0. The molecule has 0 saturated carbocycles. The van der Waals surface area contributed by atoms with Gasteiger partial charge in [0.05, 0.1) is 11.6 Å². The molecule has 5 nitrogen and oxygen atoms in total. The van der Waals surface area contributed by atoms with Gasteiger partial charge in [0.25, 0.3) is 0 Å². The third kappa shape index (κ3) is 5.97. The normalized spacial score (nSPS) is 17.8. The van der Waals surface area contributed by atoms with E-state index in [1.807, 2.05) is 25.1 Å². The highest BCUT2D eigenvalue weighted by Gasteiger charge is 2.41. The molecule has 40 heavy (non-hydrogen) atoms. The summed E-state index contributed by atoms with van der Waals surface area (Å²) in [4.78, 5) is 5.91. The molecule has 1 aromatic heterocycles. The van der Waals surface area contributed by atoms with Crippen molar-refractivity contribution in [1.82, 2.24) is 9.88 Å². The van der Waals surface area contributed by atoms with Gasteiger partial charge in [-0.15, -0.1) is 0 Å². The van der Waals surface area contributed by atoms with Gasteiger partial charge in [-0.05, 0) is 81.0 Å². The molecule has 5 rings (SSSR count). The van der Waals surface area contributed by atoms with Crippen LogP contribution >= 0.6 is 23.2 Å². The number of aryl methyl sites for hydroxylation is 2. The first-order valence-electron chi connectivity index (χ1n) is 13.0. The van der Waals surface area contributed by atoms with Crippen LogP contribution in [0.4, 0.5) is 23.4 Å². The van der Waals surface area contributed by atoms with Crippen LogP contribution < -0.4 is 15.2 Å². The number of nitrogen functional groups attached to an aromatic ring is 1. The minimum absolute atomic E-state index is 0.114. The second-order valence-electron chi connectivity index (χ2n) is 10.5. The predicted molar refractivity (Wildman–Crippen MR) is 148 cm³/mol. The Bertz CT molecular complexity index is 1430. The molecule has 11 heteroatoms. The zero-order chi connectivity index (χ0) is 28.8. The Kier molecular flexibility index (Phi) is 7.85. The number of anilines is 1. The van der Waals surface area contributed by atoms with Gasteiger partial charge in [0.1, 0.15) is 23.3 Å². The summed E-state index contributed by atoms with van der Waals surface area (Å²) in [5, 5.41) is 0.161. The first kappa shape index (κ1) is 28.8. The number of likely N-dealkylation sites (tertiary alicyclic amines) is 1. The molecule has 0 radical (unpaired) electrons. The number of pyridine rings is 1. The molecular formula is C29H29Cl2F4N3O2. The maximum atomic E-state index is 14.1. The van der Waals surface area contributed by atoms with Gasteiger partial charge in [0, 0.05) is 34.9 Å². The Morgan fingerprint density at radius 1 is 1.12 bits per heavy atom. The molecule has 0 unspecified atom stereocenters. The van der Waals surface area contributed by atoms with Gasteiger partial charge in [-0.1, -0.05) is 29.3 Å². The summed E-state index contributed by atoms with van der Waals surface area (Å²) in [5.74, 6) is 0.637. The molecule has 3 heterocycles. The van der Waals surface area contributed by atoms with Crippen molar-refractivity contribution in [3.05, 3.63) is 69.1 Å². The van der Waals surface area contributed by atoms with E-state index in [0.29, 0.717) is 42.9 Å². The van der Waals surface area contributed by atoms with E-state index in [-0.39, 0.29) is 15.9 Å². The van der Waals surface area contributed by atoms with E-state index in [1.54, 1.807) is 13.0 Å².